The van der Waals surface area contributed by atoms with Crippen molar-refractivity contribution in [1.82, 2.24) is 10.2 Å². The summed E-state index contributed by atoms with van der Waals surface area (Å²) in [7, 11) is 1.75. The number of carbonyl (C=O) groups is 2. The number of carboxylic acid groups (broad SMARTS) is 1. The van der Waals surface area contributed by atoms with Gasteiger partial charge in [-0.1, -0.05) is 6.92 Å². The maximum absolute atomic E-state index is 11.6. The van der Waals surface area contributed by atoms with Crippen molar-refractivity contribution < 1.29 is 14.7 Å². The maximum atomic E-state index is 11.6. The Morgan fingerprint density at radius 2 is 1.75 bits per heavy atom. The van der Waals surface area contributed by atoms with Crippen LogP contribution in [-0.2, 0) is 9.59 Å². The highest BCUT2D eigenvalue weighted by Crippen LogP contribution is 2.03. The van der Waals surface area contributed by atoms with Crippen LogP contribution >= 0.6 is 0 Å². The van der Waals surface area contributed by atoms with Crippen LogP contribution in [0, 0.1) is 5.92 Å². The van der Waals surface area contributed by atoms with Crippen molar-refractivity contribution in [2.45, 2.75) is 39.8 Å². The van der Waals surface area contributed by atoms with Crippen molar-refractivity contribution in [3.8, 4) is 0 Å². The fraction of sp³-hybridized carbons (Fsp3) is 0.818. The molecule has 0 heterocycles. The Labute approximate surface area is 96.8 Å². The Morgan fingerprint density at radius 3 is 2.12 bits per heavy atom. The third kappa shape index (κ3) is 5.11. The summed E-state index contributed by atoms with van der Waals surface area (Å²) < 4.78 is 0. The molecule has 94 valence electrons. The Kier molecular flexibility index (Phi) is 6.03. The van der Waals surface area contributed by atoms with E-state index in [9.17, 15) is 9.59 Å². The number of carboxylic acids is 1. The average molecular weight is 230 g/mol. The highest BCUT2D eigenvalue weighted by Gasteiger charge is 2.22. The van der Waals surface area contributed by atoms with Crippen molar-refractivity contribution >= 4 is 11.9 Å². The second-order valence-corrected chi connectivity index (χ2v) is 4.52. The minimum absolute atomic E-state index is 0.0740. The molecular formula is C11H22N2O3. The van der Waals surface area contributed by atoms with E-state index in [1.165, 1.54) is 0 Å². The number of nitrogens with one attached hydrogen (secondary N) is 1. The van der Waals surface area contributed by atoms with E-state index < -0.39 is 11.9 Å². The van der Waals surface area contributed by atoms with Gasteiger partial charge in [-0.3, -0.25) is 14.5 Å². The number of nitrogens with zero attached hydrogens (tertiary/aromatic N) is 1. The van der Waals surface area contributed by atoms with Gasteiger partial charge in [0, 0.05) is 12.6 Å². The van der Waals surface area contributed by atoms with Gasteiger partial charge in [-0.25, -0.2) is 0 Å². The quantitative estimate of drug-likeness (QED) is 0.699. The van der Waals surface area contributed by atoms with Crippen LogP contribution in [0.15, 0.2) is 0 Å². The maximum Gasteiger partial charge on any atom is 0.307 e. The second-order valence-electron chi connectivity index (χ2n) is 4.52. The van der Waals surface area contributed by atoms with Crippen LogP contribution in [0.3, 0.4) is 0 Å². The number of amides is 1. The van der Waals surface area contributed by atoms with Crippen LogP contribution in [0.4, 0.5) is 0 Å². The Hall–Kier alpha value is -1.10. The van der Waals surface area contributed by atoms with Gasteiger partial charge in [0.15, 0.2) is 0 Å². The van der Waals surface area contributed by atoms with Crippen molar-refractivity contribution in [3.05, 3.63) is 0 Å². The van der Waals surface area contributed by atoms with Gasteiger partial charge < -0.3 is 10.4 Å². The molecule has 0 saturated heterocycles. The summed E-state index contributed by atoms with van der Waals surface area (Å²) in [6.45, 7) is 7.55. The van der Waals surface area contributed by atoms with E-state index in [0.29, 0.717) is 6.54 Å². The molecule has 2 N–H and O–H groups in total. The van der Waals surface area contributed by atoms with E-state index in [4.69, 9.17) is 5.11 Å². The first-order valence-electron chi connectivity index (χ1n) is 5.49. The molecule has 0 aromatic heterocycles. The molecule has 2 unspecified atom stereocenters. The van der Waals surface area contributed by atoms with Crippen LogP contribution in [-0.4, -0.2) is 47.6 Å². The lowest BCUT2D eigenvalue weighted by Crippen LogP contribution is -2.47. The van der Waals surface area contributed by atoms with E-state index in [1.54, 1.807) is 25.8 Å². The van der Waals surface area contributed by atoms with Gasteiger partial charge in [0.2, 0.25) is 5.91 Å². The molecule has 0 saturated carbocycles. The van der Waals surface area contributed by atoms with Crippen LogP contribution in [0.25, 0.3) is 0 Å². The number of hydrogen-bond donors (Lipinski definition) is 2. The number of rotatable bonds is 6. The molecule has 0 bridgehead atoms. The lowest BCUT2D eigenvalue weighted by Gasteiger charge is -2.26. The van der Waals surface area contributed by atoms with Gasteiger partial charge in [-0.05, 0) is 27.8 Å². The molecular weight excluding hydrogens is 208 g/mol. The first-order chi connectivity index (χ1) is 7.25. The zero-order chi connectivity index (χ0) is 12.9. The molecule has 0 rings (SSSR count). The fourth-order valence-electron chi connectivity index (χ4n) is 1.27. The molecule has 0 aliphatic heterocycles. The van der Waals surface area contributed by atoms with Crippen LogP contribution in [0.5, 0.6) is 0 Å². The molecule has 16 heavy (non-hydrogen) atoms. The molecule has 0 aliphatic carbocycles. The molecule has 0 aromatic rings. The predicted molar refractivity (Wildman–Crippen MR) is 62.2 cm³/mol. The SMILES string of the molecule is CC(C)NC(=O)C(C)N(C)CC(C)C(=O)O. The predicted octanol–water partition coefficient (Wildman–Crippen LogP) is 0.552. The molecule has 5 nitrogen and oxygen atoms in total. The third-order valence-electron chi connectivity index (χ3n) is 2.45. The lowest BCUT2D eigenvalue weighted by molar-refractivity contribution is -0.142. The number of carbonyl (C=O) groups excluding carboxylic acids is 1. The van der Waals surface area contributed by atoms with E-state index >= 15 is 0 Å². The van der Waals surface area contributed by atoms with E-state index in [0.717, 1.165) is 0 Å². The smallest absolute Gasteiger partial charge is 0.307 e. The highest BCUT2D eigenvalue weighted by atomic mass is 16.4. The first kappa shape index (κ1) is 14.9. The van der Waals surface area contributed by atoms with Gasteiger partial charge in [0.05, 0.1) is 12.0 Å². The van der Waals surface area contributed by atoms with Gasteiger partial charge in [0.1, 0.15) is 0 Å². The summed E-state index contributed by atoms with van der Waals surface area (Å²) in [6, 6.07) is -0.218. The lowest BCUT2D eigenvalue weighted by atomic mass is 10.1. The van der Waals surface area contributed by atoms with Gasteiger partial charge in [-0.15, -0.1) is 0 Å². The third-order valence-corrected chi connectivity index (χ3v) is 2.45. The zero-order valence-electron chi connectivity index (χ0n) is 10.7. The van der Waals surface area contributed by atoms with E-state index in [2.05, 4.69) is 5.32 Å². The fourth-order valence-corrected chi connectivity index (χ4v) is 1.27. The molecule has 0 aliphatic rings. The molecule has 5 heteroatoms. The molecule has 0 fully saturated rings. The summed E-state index contributed by atoms with van der Waals surface area (Å²) in [5.74, 6) is -1.39. The standard InChI is InChI=1S/C11H22N2O3/c1-7(2)12-10(14)9(4)13(5)6-8(3)11(15)16/h7-9H,6H2,1-5H3,(H,12,14)(H,15,16). The summed E-state index contributed by atoms with van der Waals surface area (Å²) in [4.78, 5) is 24.1. The van der Waals surface area contributed by atoms with Crippen molar-refractivity contribution in [2.24, 2.45) is 5.92 Å². The van der Waals surface area contributed by atoms with E-state index in [1.807, 2.05) is 13.8 Å². The minimum Gasteiger partial charge on any atom is -0.481 e. The van der Waals surface area contributed by atoms with Crippen molar-refractivity contribution in [1.29, 1.82) is 0 Å². The van der Waals surface area contributed by atoms with Crippen LogP contribution in [0.1, 0.15) is 27.7 Å². The summed E-state index contributed by atoms with van der Waals surface area (Å²) in [5.41, 5.74) is 0. The summed E-state index contributed by atoms with van der Waals surface area (Å²) in [5, 5.41) is 11.6. The molecule has 0 spiro atoms. The van der Waals surface area contributed by atoms with Crippen molar-refractivity contribution in [2.75, 3.05) is 13.6 Å². The van der Waals surface area contributed by atoms with Gasteiger partial charge >= 0.3 is 5.97 Å². The van der Waals surface area contributed by atoms with Gasteiger partial charge in [-0.2, -0.15) is 0 Å². The second kappa shape index (κ2) is 6.48. The highest BCUT2D eigenvalue weighted by molar-refractivity contribution is 5.81. The largest absolute Gasteiger partial charge is 0.481 e. The zero-order valence-corrected chi connectivity index (χ0v) is 10.7. The Balaban J connectivity index is 4.22. The van der Waals surface area contributed by atoms with Crippen molar-refractivity contribution in [3.63, 3.8) is 0 Å². The summed E-state index contributed by atoms with van der Waals surface area (Å²) in [6.07, 6.45) is 0. The average Bonchev–Trinajstić information content (AvgIpc) is 2.14. The molecule has 2 atom stereocenters. The molecule has 1 amide bonds. The number of hydrogen-bond acceptors (Lipinski definition) is 3. The van der Waals surface area contributed by atoms with Crippen LogP contribution < -0.4 is 5.32 Å². The minimum atomic E-state index is -0.844. The molecule has 0 radical (unpaired) electrons. The topological polar surface area (TPSA) is 69.6 Å². The number of aliphatic carboxylic acids is 1. The number of likely N-dealkylation sites (N-methyl/N-ethyl adjacent to an activating group) is 1. The summed E-state index contributed by atoms with van der Waals surface area (Å²) >= 11 is 0. The Morgan fingerprint density at radius 1 is 1.25 bits per heavy atom. The molecule has 0 aromatic carbocycles. The normalized spacial score (nSPS) is 14.9. The monoisotopic (exact) mass is 230 g/mol. The van der Waals surface area contributed by atoms with Crippen LogP contribution in [0.2, 0.25) is 0 Å². The van der Waals surface area contributed by atoms with Gasteiger partial charge in [0.25, 0.3) is 0 Å². The first-order valence-corrected chi connectivity index (χ1v) is 5.49. The van der Waals surface area contributed by atoms with E-state index in [-0.39, 0.29) is 18.0 Å². The Bertz CT molecular complexity index is 254.